The second-order valence-electron chi connectivity index (χ2n) is 5.50. The molecule has 110 valence electrons. The van der Waals surface area contributed by atoms with Gasteiger partial charge in [-0.25, -0.2) is 4.39 Å². The van der Waals surface area contributed by atoms with E-state index in [0.717, 1.165) is 25.9 Å². The first kappa shape index (κ1) is 15.0. The first-order chi connectivity index (χ1) is 9.58. The van der Waals surface area contributed by atoms with Gasteiger partial charge in [-0.2, -0.15) is 0 Å². The van der Waals surface area contributed by atoms with Crippen LogP contribution in [0.4, 0.5) is 4.39 Å². The normalized spacial score (nSPS) is 17.1. The molecular weight excluding hydrogens is 257 g/mol. The maximum absolute atomic E-state index is 13.2. The van der Waals surface area contributed by atoms with Gasteiger partial charge in [0.1, 0.15) is 5.82 Å². The molecule has 1 heterocycles. The van der Waals surface area contributed by atoms with Crippen molar-refractivity contribution in [2.24, 2.45) is 0 Å². The van der Waals surface area contributed by atoms with Gasteiger partial charge in [0.05, 0.1) is 6.10 Å². The first-order valence-electron chi connectivity index (χ1n) is 7.30. The molecule has 0 saturated carbocycles. The molecule has 20 heavy (non-hydrogen) atoms. The molecule has 1 aliphatic rings. The van der Waals surface area contributed by atoms with Crippen molar-refractivity contribution < 1.29 is 14.3 Å². The van der Waals surface area contributed by atoms with E-state index in [9.17, 15) is 14.3 Å². The number of aliphatic hydroxyl groups is 1. The lowest BCUT2D eigenvalue weighted by atomic mass is 10.0. The smallest absolute Gasteiger partial charge is 0.222 e. The van der Waals surface area contributed by atoms with Gasteiger partial charge in [0.2, 0.25) is 5.91 Å². The average molecular weight is 279 g/mol. The molecule has 3 nitrogen and oxygen atoms in total. The van der Waals surface area contributed by atoms with Gasteiger partial charge in [0.15, 0.2) is 0 Å². The number of aliphatic hydroxyl groups excluding tert-OH is 1. The summed E-state index contributed by atoms with van der Waals surface area (Å²) >= 11 is 0. The van der Waals surface area contributed by atoms with Crippen LogP contribution in [0.2, 0.25) is 0 Å². The van der Waals surface area contributed by atoms with E-state index in [4.69, 9.17) is 0 Å². The lowest BCUT2D eigenvalue weighted by Gasteiger charge is -2.27. The van der Waals surface area contributed by atoms with Crippen molar-refractivity contribution in [1.29, 1.82) is 0 Å². The number of aryl methyl sites for hydroxylation is 1. The fourth-order valence-electron chi connectivity index (χ4n) is 2.60. The number of benzene rings is 1. The molecule has 1 fully saturated rings. The molecule has 1 amide bonds. The maximum atomic E-state index is 13.2. The molecule has 1 N–H and O–H groups in total. The summed E-state index contributed by atoms with van der Waals surface area (Å²) in [4.78, 5) is 13.9. The van der Waals surface area contributed by atoms with Gasteiger partial charge in [-0.15, -0.1) is 0 Å². The number of carbonyl (C=O) groups is 1. The Morgan fingerprint density at radius 1 is 1.35 bits per heavy atom. The van der Waals surface area contributed by atoms with Gasteiger partial charge < -0.3 is 10.0 Å². The van der Waals surface area contributed by atoms with Crippen LogP contribution in [0.1, 0.15) is 49.3 Å². The fourth-order valence-corrected chi connectivity index (χ4v) is 2.60. The summed E-state index contributed by atoms with van der Waals surface area (Å²) < 4.78 is 13.2. The highest BCUT2D eigenvalue weighted by Crippen LogP contribution is 2.21. The average Bonchev–Trinajstić information content (AvgIpc) is 2.48. The minimum atomic E-state index is -0.706. The highest BCUT2D eigenvalue weighted by molar-refractivity contribution is 5.76. The van der Waals surface area contributed by atoms with Crippen LogP contribution in [0.3, 0.4) is 0 Å². The molecule has 1 aromatic carbocycles. The van der Waals surface area contributed by atoms with Gasteiger partial charge in [-0.3, -0.25) is 4.79 Å². The Morgan fingerprint density at radius 2 is 2.05 bits per heavy atom. The first-order valence-corrected chi connectivity index (χ1v) is 7.30. The lowest BCUT2D eigenvalue weighted by Crippen LogP contribution is -2.35. The molecule has 1 saturated heterocycles. The van der Waals surface area contributed by atoms with Crippen LogP contribution in [-0.2, 0) is 4.79 Å². The van der Waals surface area contributed by atoms with E-state index in [-0.39, 0.29) is 11.7 Å². The molecule has 0 spiro atoms. The van der Waals surface area contributed by atoms with Crippen molar-refractivity contribution in [1.82, 2.24) is 4.90 Å². The highest BCUT2D eigenvalue weighted by Gasteiger charge is 2.18. The number of halogens is 1. The summed E-state index contributed by atoms with van der Waals surface area (Å²) in [5.74, 6) is -0.159. The number of nitrogens with zero attached hydrogens (tertiary/aromatic N) is 1. The largest absolute Gasteiger partial charge is 0.388 e. The van der Waals surface area contributed by atoms with Crippen molar-refractivity contribution >= 4 is 5.91 Å². The van der Waals surface area contributed by atoms with E-state index >= 15 is 0 Å². The van der Waals surface area contributed by atoms with Crippen molar-refractivity contribution in [2.75, 3.05) is 13.1 Å². The van der Waals surface area contributed by atoms with Crippen molar-refractivity contribution in [3.63, 3.8) is 0 Å². The quantitative estimate of drug-likeness (QED) is 0.920. The van der Waals surface area contributed by atoms with Crippen LogP contribution >= 0.6 is 0 Å². The second kappa shape index (κ2) is 6.84. The van der Waals surface area contributed by atoms with Crippen molar-refractivity contribution in [3.05, 3.63) is 35.1 Å². The molecule has 1 aromatic rings. The summed E-state index contributed by atoms with van der Waals surface area (Å²) in [6, 6.07) is 4.59. The van der Waals surface area contributed by atoms with E-state index in [1.54, 1.807) is 19.1 Å². The third-order valence-electron chi connectivity index (χ3n) is 3.91. The summed E-state index contributed by atoms with van der Waals surface area (Å²) in [7, 11) is 0. The topological polar surface area (TPSA) is 40.5 Å². The van der Waals surface area contributed by atoms with Gasteiger partial charge in [-0.1, -0.05) is 12.1 Å². The molecule has 0 aromatic heterocycles. The number of piperidine rings is 1. The molecule has 1 aliphatic heterocycles. The molecule has 4 heteroatoms. The third kappa shape index (κ3) is 3.79. The Morgan fingerprint density at radius 3 is 2.70 bits per heavy atom. The van der Waals surface area contributed by atoms with Crippen LogP contribution in [0.5, 0.6) is 0 Å². The van der Waals surface area contributed by atoms with Crippen LogP contribution in [-0.4, -0.2) is 29.0 Å². The van der Waals surface area contributed by atoms with Gasteiger partial charge in [0, 0.05) is 19.5 Å². The van der Waals surface area contributed by atoms with Crippen LogP contribution < -0.4 is 0 Å². The number of hydrogen-bond donors (Lipinski definition) is 1. The molecule has 0 aliphatic carbocycles. The predicted molar refractivity (Wildman–Crippen MR) is 75.8 cm³/mol. The zero-order valence-electron chi connectivity index (χ0n) is 11.9. The fraction of sp³-hybridized carbons (Fsp3) is 0.562. The zero-order valence-corrected chi connectivity index (χ0v) is 11.9. The standard InChI is InChI=1S/C16H22FNO2/c1-12-11-13(5-6-14(12)17)15(19)7-8-16(20)18-9-3-2-4-10-18/h5-6,11,15,19H,2-4,7-10H2,1H3. The summed E-state index contributed by atoms with van der Waals surface area (Å²) in [6.07, 6.45) is 3.37. The van der Waals surface area contributed by atoms with E-state index in [0.29, 0.717) is 24.0 Å². The molecule has 0 bridgehead atoms. The summed E-state index contributed by atoms with van der Waals surface area (Å²) in [5.41, 5.74) is 1.19. The maximum Gasteiger partial charge on any atom is 0.222 e. The van der Waals surface area contributed by atoms with E-state index < -0.39 is 6.10 Å². The Hall–Kier alpha value is -1.42. The van der Waals surface area contributed by atoms with Gasteiger partial charge >= 0.3 is 0 Å². The molecule has 1 unspecified atom stereocenters. The monoisotopic (exact) mass is 279 g/mol. The van der Waals surface area contributed by atoms with Gasteiger partial charge in [-0.05, 0) is 49.8 Å². The third-order valence-corrected chi connectivity index (χ3v) is 3.91. The Balaban J connectivity index is 1.86. The number of rotatable bonds is 4. The summed E-state index contributed by atoms with van der Waals surface area (Å²) in [5, 5.41) is 10.1. The van der Waals surface area contributed by atoms with E-state index in [1.807, 2.05) is 4.90 Å². The SMILES string of the molecule is Cc1cc(C(O)CCC(=O)N2CCCCC2)ccc1F. The molecule has 2 rings (SSSR count). The highest BCUT2D eigenvalue weighted by atomic mass is 19.1. The summed E-state index contributed by atoms with van der Waals surface area (Å²) in [6.45, 7) is 3.35. The molecule has 0 radical (unpaired) electrons. The van der Waals surface area contributed by atoms with E-state index in [1.165, 1.54) is 12.5 Å². The van der Waals surface area contributed by atoms with Crippen LogP contribution in [0, 0.1) is 12.7 Å². The van der Waals surface area contributed by atoms with Crippen molar-refractivity contribution in [2.45, 2.75) is 45.1 Å². The number of likely N-dealkylation sites (tertiary alicyclic amines) is 1. The minimum Gasteiger partial charge on any atom is -0.388 e. The number of carbonyl (C=O) groups excluding carboxylic acids is 1. The molecule has 1 atom stereocenters. The van der Waals surface area contributed by atoms with Crippen molar-refractivity contribution in [3.8, 4) is 0 Å². The second-order valence-corrected chi connectivity index (χ2v) is 5.50. The van der Waals surface area contributed by atoms with Crippen LogP contribution in [0.15, 0.2) is 18.2 Å². The lowest BCUT2D eigenvalue weighted by molar-refractivity contribution is -0.132. The minimum absolute atomic E-state index is 0.114. The Kier molecular flexibility index (Phi) is 5.12. The predicted octanol–water partition coefficient (Wildman–Crippen LogP) is 2.96. The number of hydrogen-bond acceptors (Lipinski definition) is 2. The van der Waals surface area contributed by atoms with Crippen LogP contribution in [0.25, 0.3) is 0 Å². The van der Waals surface area contributed by atoms with E-state index in [2.05, 4.69) is 0 Å². The Labute approximate surface area is 119 Å². The number of amides is 1. The van der Waals surface area contributed by atoms with Gasteiger partial charge in [0.25, 0.3) is 0 Å². The zero-order chi connectivity index (χ0) is 14.5. The molecular formula is C16H22FNO2. The Bertz CT molecular complexity index is 470.